The summed E-state index contributed by atoms with van der Waals surface area (Å²) in [6.07, 6.45) is 8.42. The van der Waals surface area contributed by atoms with Gasteiger partial charge in [0.15, 0.2) is 0 Å². The van der Waals surface area contributed by atoms with Crippen LogP contribution < -0.4 is 5.32 Å². The lowest BCUT2D eigenvalue weighted by Crippen LogP contribution is -2.30. The van der Waals surface area contributed by atoms with Crippen LogP contribution in [-0.2, 0) is 6.54 Å². The standard InChI is InChI=1S/C15H26ClN3/c1-4-11-6-8-12(9-7-11)14(17-3)15-13(16)10-18-19(15)5-2/h10-12,14,17H,4-9H2,1-3H3. The lowest BCUT2D eigenvalue weighted by atomic mass is 9.77. The highest BCUT2D eigenvalue weighted by molar-refractivity contribution is 6.31. The third-order valence-electron chi connectivity index (χ3n) is 4.68. The van der Waals surface area contributed by atoms with Crippen LogP contribution in [0.15, 0.2) is 6.20 Å². The quantitative estimate of drug-likeness (QED) is 0.884. The van der Waals surface area contributed by atoms with E-state index in [9.17, 15) is 0 Å². The summed E-state index contributed by atoms with van der Waals surface area (Å²) in [5, 5.41) is 8.66. The van der Waals surface area contributed by atoms with Crippen molar-refractivity contribution in [2.45, 2.75) is 58.5 Å². The van der Waals surface area contributed by atoms with Crippen molar-refractivity contribution in [2.24, 2.45) is 11.8 Å². The topological polar surface area (TPSA) is 29.9 Å². The predicted octanol–water partition coefficient (Wildman–Crippen LogP) is 4.03. The Morgan fingerprint density at radius 3 is 2.58 bits per heavy atom. The third-order valence-corrected chi connectivity index (χ3v) is 4.97. The highest BCUT2D eigenvalue weighted by Gasteiger charge is 2.30. The minimum Gasteiger partial charge on any atom is -0.311 e. The van der Waals surface area contributed by atoms with E-state index in [1.165, 1.54) is 37.8 Å². The summed E-state index contributed by atoms with van der Waals surface area (Å²) < 4.78 is 2.04. The zero-order valence-electron chi connectivity index (χ0n) is 12.3. The molecule has 1 saturated carbocycles. The maximum atomic E-state index is 6.35. The average molecular weight is 284 g/mol. The average Bonchev–Trinajstić information content (AvgIpc) is 2.82. The van der Waals surface area contributed by atoms with Crippen LogP contribution in [0, 0.1) is 11.8 Å². The van der Waals surface area contributed by atoms with Gasteiger partial charge in [0.1, 0.15) is 0 Å². The van der Waals surface area contributed by atoms with Crippen LogP contribution in [0.5, 0.6) is 0 Å². The molecule has 19 heavy (non-hydrogen) atoms. The monoisotopic (exact) mass is 283 g/mol. The van der Waals surface area contributed by atoms with E-state index < -0.39 is 0 Å². The maximum Gasteiger partial charge on any atom is 0.0834 e. The lowest BCUT2D eigenvalue weighted by molar-refractivity contribution is 0.218. The number of rotatable bonds is 5. The molecule has 1 heterocycles. The van der Waals surface area contributed by atoms with Crippen LogP contribution in [0.25, 0.3) is 0 Å². The summed E-state index contributed by atoms with van der Waals surface area (Å²) in [6.45, 7) is 5.31. The van der Waals surface area contributed by atoms with Crippen molar-refractivity contribution >= 4 is 11.6 Å². The van der Waals surface area contributed by atoms with Crippen molar-refractivity contribution in [1.82, 2.24) is 15.1 Å². The van der Waals surface area contributed by atoms with Gasteiger partial charge in [0, 0.05) is 6.54 Å². The Balaban J connectivity index is 2.14. The molecule has 2 rings (SSSR count). The van der Waals surface area contributed by atoms with Crippen molar-refractivity contribution < 1.29 is 0 Å². The minimum absolute atomic E-state index is 0.341. The molecular weight excluding hydrogens is 258 g/mol. The normalized spacial score (nSPS) is 25.5. The zero-order valence-corrected chi connectivity index (χ0v) is 13.1. The molecule has 0 amide bonds. The molecule has 3 nitrogen and oxygen atoms in total. The largest absolute Gasteiger partial charge is 0.311 e. The molecule has 1 N–H and O–H groups in total. The molecule has 0 aromatic carbocycles. The van der Waals surface area contributed by atoms with E-state index in [2.05, 4.69) is 24.3 Å². The fourth-order valence-corrected chi connectivity index (χ4v) is 3.72. The molecule has 1 unspecified atom stereocenters. The molecule has 1 fully saturated rings. The number of aryl methyl sites for hydroxylation is 1. The SMILES string of the molecule is CCC1CCC(C(NC)c2c(Cl)cnn2CC)CC1. The van der Waals surface area contributed by atoms with Crippen molar-refractivity contribution in [3.63, 3.8) is 0 Å². The first-order valence-corrected chi connectivity index (χ1v) is 7.97. The van der Waals surface area contributed by atoms with Gasteiger partial charge < -0.3 is 5.32 Å². The number of aromatic nitrogens is 2. The van der Waals surface area contributed by atoms with Crippen LogP contribution in [0.4, 0.5) is 0 Å². The Labute approximate surface area is 121 Å². The molecule has 0 radical (unpaired) electrons. The van der Waals surface area contributed by atoms with Gasteiger partial charge in [0.25, 0.3) is 0 Å². The molecule has 1 atom stereocenters. The highest BCUT2D eigenvalue weighted by Crippen LogP contribution is 2.39. The van der Waals surface area contributed by atoms with Gasteiger partial charge in [-0.1, -0.05) is 37.8 Å². The summed E-state index contributed by atoms with van der Waals surface area (Å²) in [4.78, 5) is 0. The van der Waals surface area contributed by atoms with Gasteiger partial charge in [-0.3, -0.25) is 4.68 Å². The van der Waals surface area contributed by atoms with E-state index in [1.54, 1.807) is 6.20 Å². The smallest absolute Gasteiger partial charge is 0.0834 e. The van der Waals surface area contributed by atoms with Crippen molar-refractivity contribution in [3.8, 4) is 0 Å². The molecule has 0 aliphatic heterocycles. The molecule has 1 aromatic rings. The van der Waals surface area contributed by atoms with Crippen LogP contribution >= 0.6 is 11.6 Å². The van der Waals surface area contributed by atoms with Crippen LogP contribution in [0.1, 0.15) is 57.7 Å². The van der Waals surface area contributed by atoms with Crippen molar-refractivity contribution in [3.05, 3.63) is 16.9 Å². The van der Waals surface area contributed by atoms with Gasteiger partial charge in [-0.15, -0.1) is 0 Å². The van der Waals surface area contributed by atoms with E-state index in [0.29, 0.717) is 12.0 Å². The zero-order chi connectivity index (χ0) is 13.8. The second kappa shape index (κ2) is 6.76. The van der Waals surface area contributed by atoms with Gasteiger partial charge in [0.05, 0.1) is 23.0 Å². The Bertz CT molecular complexity index is 394. The number of halogens is 1. The molecule has 1 aromatic heterocycles. The first-order valence-electron chi connectivity index (χ1n) is 7.59. The summed E-state index contributed by atoms with van der Waals surface area (Å²) in [6, 6.07) is 0.341. The molecule has 0 bridgehead atoms. The van der Waals surface area contributed by atoms with Gasteiger partial charge >= 0.3 is 0 Å². The van der Waals surface area contributed by atoms with Gasteiger partial charge in [0.2, 0.25) is 0 Å². The summed E-state index contributed by atoms with van der Waals surface area (Å²) >= 11 is 6.35. The third kappa shape index (κ3) is 3.14. The molecule has 108 valence electrons. The van der Waals surface area contributed by atoms with Gasteiger partial charge in [-0.25, -0.2) is 0 Å². The molecule has 0 saturated heterocycles. The Morgan fingerprint density at radius 1 is 1.37 bits per heavy atom. The molecule has 4 heteroatoms. The maximum absolute atomic E-state index is 6.35. The fourth-order valence-electron chi connectivity index (χ4n) is 3.46. The van der Waals surface area contributed by atoms with E-state index in [4.69, 9.17) is 11.6 Å². The molecule has 1 aliphatic rings. The minimum atomic E-state index is 0.341. The molecular formula is C15H26ClN3. The van der Waals surface area contributed by atoms with Crippen LogP contribution in [-0.4, -0.2) is 16.8 Å². The van der Waals surface area contributed by atoms with Crippen LogP contribution in [0.3, 0.4) is 0 Å². The number of hydrogen-bond acceptors (Lipinski definition) is 2. The first-order chi connectivity index (χ1) is 9.21. The highest BCUT2D eigenvalue weighted by atomic mass is 35.5. The summed E-state index contributed by atoms with van der Waals surface area (Å²) in [7, 11) is 2.04. The lowest BCUT2D eigenvalue weighted by Gasteiger charge is -2.34. The predicted molar refractivity (Wildman–Crippen MR) is 80.5 cm³/mol. The van der Waals surface area contributed by atoms with Crippen LogP contribution in [0.2, 0.25) is 5.02 Å². The van der Waals surface area contributed by atoms with E-state index in [-0.39, 0.29) is 0 Å². The fraction of sp³-hybridized carbons (Fsp3) is 0.800. The summed E-state index contributed by atoms with van der Waals surface area (Å²) in [5.74, 6) is 1.62. The Morgan fingerprint density at radius 2 is 2.05 bits per heavy atom. The Hall–Kier alpha value is -0.540. The van der Waals surface area contributed by atoms with Crippen molar-refractivity contribution in [1.29, 1.82) is 0 Å². The second-order valence-electron chi connectivity index (χ2n) is 5.65. The van der Waals surface area contributed by atoms with E-state index in [1.807, 2.05) is 11.7 Å². The van der Waals surface area contributed by atoms with E-state index >= 15 is 0 Å². The first kappa shape index (κ1) is 14.9. The van der Waals surface area contributed by atoms with Gasteiger partial charge in [-0.05, 0) is 38.6 Å². The second-order valence-corrected chi connectivity index (χ2v) is 6.06. The number of hydrogen-bond donors (Lipinski definition) is 1. The number of nitrogens with one attached hydrogen (secondary N) is 1. The summed E-state index contributed by atoms with van der Waals surface area (Å²) in [5.41, 5.74) is 1.17. The van der Waals surface area contributed by atoms with E-state index in [0.717, 1.165) is 17.5 Å². The molecule has 1 aliphatic carbocycles. The van der Waals surface area contributed by atoms with Crippen molar-refractivity contribution in [2.75, 3.05) is 7.05 Å². The molecule has 0 spiro atoms. The Kier molecular flexibility index (Phi) is 5.28. The van der Waals surface area contributed by atoms with Gasteiger partial charge in [-0.2, -0.15) is 5.10 Å². The number of nitrogens with zero attached hydrogens (tertiary/aromatic N) is 2.